The van der Waals surface area contributed by atoms with Gasteiger partial charge in [-0.25, -0.2) is 0 Å². The summed E-state index contributed by atoms with van der Waals surface area (Å²) in [7, 11) is 0. The molecular weight excluding hydrogens is 337 g/mol. The highest BCUT2D eigenvalue weighted by Crippen LogP contribution is 2.30. The molecule has 2 rings (SSSR count). The smallest absolute Gasteiger partial charge is 0.416 e. The van der Waals surface area contributed by atoms with Gasteiger partial charge >= 0.3 is 12.1 Å². The van der Waals surface area contributed by atoms with Gasteiger partial charge in [0.25, 0.3) is 5.91 Å². The number of hydrogen-bond donors (Lipinski definition) is 1. The van der Waals surface area contributed by atoms with Gasteiger partial charge in [0.15, 0.2) is 0 Å². The van der Waals surface area contributed by atoms with Gasteiger partial charge in [-0.2, -0.15) is 13.2 Å². The van der Waals surface area contributed by atoms with Gasteiger partial charge in [0.2, 0.25) is 0 Å². The first kappa shape index (κ1) is 19.2. The van der Waals surface area contributed by atoms with Crippen LogP contribution in [0.15, 0.2) is 24.3 Å². The summed E-state index contributed by atoms with van der Waals surface area (Å²) < 4.78 is 38.3. The van der Waals surface area contributed by atoms with Crippen LogP contribution in [0.2, 0.25) is 0 Å². The van der Waals surface area contributed by atoms with E-state index in [0.29, 0.717) is 32.5 Å². The lowest BCUT2D eigenvalue weighted by Crippen LogP contribution is -2.48. The van der Waals surface area contributed by atoms with E-state index >= 15 is 0 Å². The molecule has 138 valence electrons. The molecule has 5 nitrogen and oxygen atoms in total. The molecule has 8 heteroatoms. The van der Waals surface area contributed by atoms with Gasteiger partial charge in [0, 0.05) is 24.7 Å². The molecule has 0 saturated carbocycles. The van der Waals surface area contributed by atoms with Gasteiger partial charge in [0.05, 0.1) is 12.1 Å². The molecule has 1 fully saturated rings. The number of likely N-dealkylation sites (N-methyl/N-ethyl adjacent to an activating group) is 1. The zero-order chi connectivity index (χ0) is 18.6. The number of carbonyl (C=O) groups excluding carboxylic acids is 1. The van der Waals surface area contributed by atoms with Crippen molar-refractivity contribution in [2.45, 2.75) is 32.0 Å². The van der Waals surface area contributed by atoms with Crippen molar-refractivity contribution >= 4 is 11.9 Å². The lowest BCUT2D eigenvalue weighted by Gasteiger charge is -2.37. The van der Waals surface area contributed by atoms with Gasteiger partial charge in [-0.3, -0.25) is 14.5 Å². The summed E-state index contributed by atoms with van der Waals surface area (Å²) in [6.07, 6.45) is -3.28. The average Bonchev–Trinajstić information content (AvgIpc) is 2.58. The highest BCUT2D eigenvalue weighted by atomic mass is 19.4. The highest BCUT2D eigenvalue weighted by molar-refractivity contribution is 5.94. The Hall–Kier alpha value is -2.09. The number of amides is 1. The van der Waals surface area contributed by atoms with Crippen LogP contribution < -0.4 is 0 Å². The second kappa shape index (κ2) is 7.86. The minimum Gasteiger partial charge on any atom is -0.480 e. The Labute approximate surface area is 144 Å². The van der Waals surface area contributed by atoms with E-state index in [1.165, 1.54) is 17.0 Å². The first-order valence-electron chi connectivity index (χ1n) is 8.14. The van der Waals surface area contributed by atoms with Crippen molar-refractivity contribution < 1.29 is 27.9 Å². The van der Waals surface area contributed by atoms with E-state index in [0.717, 1.165) is 12.1 Å². The van der Waals surface area contributed by atoms with E-state index in [-0.39, 0.29) is 18.2 Å². The van der Waals surface area contributed by atoms with Crippen LogP contribution in [0.4, 0.5) is 13.2 Å². The molecule has 1 aliphatic heterocycles. The van der Waals surface area contributed by atoms with Crippen LogP contribution in [0.5, 0.6) is 0 Å². The van der Waals surface area contributed by atoms with Gasteiger partial charge in [-0.15, -0.1) is 0 Å². The Morgan fingerprint density at radius 3 is 2.44 bits per heavy atom. The normalized spacial score (nSPS) is 16.3. The lowest BCUT2D eigenvalue weighted by atomic mass is 10.0. The average molecular weight is 358 g/mol. The molecule has 1 amide bonds. The Morgan fingerprint density at radius 1 is 1.28 bits per heavy atom. The maximum atomic E-state index is 12.8. The van der Waals surface area contributed by atoms with E-state index in [2.05, 4.69) is 0 Å². The number of aliphatic carboxylic acids is 1. The largest absolute Gasteiger partial charge is 0.480 e. The van der Waals surface area contributed by atoms with Crippen molar-refractivity contribution in [3.05, 3.63) is 35.4 Å². The summed E-state index contributed by atoms with van der Waals surface area (Å²) in [6.45, 7) is 3.22. The van der Waals surface area contributed by atoms with Gasteiger partial charge in [0.1, 0.15) is 0 Å². The highest BCUT2D eigenvalue weighted by Gasteiger charge is 2.32. The number of alkyl halides is 3. The fraction of sp³-hybridized carbons (Fsp3) is 0.529. The molecule has 0 aliphatic carbocycles. The van der Waals surface area contributed by atoms with Crippen LogP contribution in [0.1, 0.15) is 35.7 Å². The van der Waals surface area contributed by atoms with Crippen molar-refractivity contribution in [3.8, 4) is 0 Å². The minimum absolute atomic E-state index is 0.0196. The van der Waals surface area contributed by atoms with E-state index in [9.17, 15) is 22.8 Å². The second-order valence-corrected chi connectivity index (χ2v) is 6.06. The van der Waals surface area contributed by atoms with Crippen molar-refractivity contribution in [2.75, 3.05) is 26.2 Å². The number of carboxylic acid groups (broad SMARTS) is 1. The summed E-state index contributed by atoms with van der Waals surface area (Å²) in [5.41, 5.74) is -0.821. The molecule has 0 aromatic heterocycles. The number of benzene rings is 1. The first-order valence-corrected chi connectivity index (χ1v) is 8.14. The lowest BCUT2D eigenvalue weighted by molar-refractivity contribution is -0.139. The summed E-state index contributed by atoms with van der Waals surface area (Å²) in [6, 6.07) is 4.48. The summed E-state index contributed by atoms with van der Waals surface area (Å²) in [4.78, 5) is 26.7. The van der Waals surface area contributed by atoms with Crippen LogP contribution in [0.3, 0.4) is 0 Å². The van der Waals surface area contributed by atoms with Crippen LogP contribution in [-0.2, 0) is 11.0 Å². The predicted molar refractivity (Wildman–Crippen MR) is 85.3 cm³/mol. The zero-order valence-corrected chi connectivity index (χ0v) is 13.9. The van der Waals surface area contributed by atoms with E-state index in [1.54, 1.807) is 0 Å². The quantitative estimate of drug-likeness (QED) is 0.879. The SMILES string of the molecule is CCN(CC(=O)O)C1CCN(C(=O)c2cccc(C(F)(F)F)c2)CC1. The molecule has 25 heavy (non-hydrogen) atoms. The molecule has 0 atom stereocenters. The summed E-state index contributed by atoms with van der Waals surface area (Å²) >= 11 is 0. The number of likely N-dealkylation sites (tertiary alicyclic amines) is 1. The van der Waals surface area contributed by atoms with Crippen LogP contribution in [0.25, 0.3) is 0 Å². The van der Waals surface area contributed by atoms with Crippen molar-refractivity contribution in [1.82, 2.24) is 9.80 Å². The molecule has 1 heterocycles. The standard InChI is InChI=1S/C17H21F3N2O3/c1-2-21(11-15(23)24)14-6-8-22(9-7-14)16(25)12-4-3-5-13(10-12)17(18,19)20/h3-5,10,14H,2,6-9,11H2,1H3,(H,23,24). The Balaban J connectivity index is 2.01. The second-order valence-electron chi connectivity index (χ2n) is 6.06. The first-order chi connectivity index (χ1) is 11.7. The molecule has 0 radical (unpaired) electrons. The number of nitrogens with zero attached hydrogens (tertiary/aromatic N) is 2. The maximum Gasteiger partial charge on any atom is 0.416 e. The fourth-order valence-electron chi connectivity index (χ4n) is 3.12. The molecule has 1 aliphatic rings. The molecule has 0 unspecified atom stereocenters. The van der Waals surface area contributed by atoms with Crippen LogP contribution >= 0.6 is 0 Å². The third kappa shape index (κ3) is 4.94. The Morgan fingerprint density at radius 2 is 1.92 bits per heavy atom. The number of carboxylic acids is 1. The van der Waals surface area contributed by atoms with Crippen molar-refractivity contribution in [3.63, 3.8) is 0 Å². The number of rotatable bonds is 5. The zero-order valence-electron chi connectivity index (χ0n) is 13.9. The number of carbonyl (C=O) groups is 2. The third-order valence-corrected chi connectivity index (χ3v) is 4.45. The maximum absolute atomic E-state index is 12.8. The number of piperidine rings is 1. The van der Waals surface area contributed by atoms with Gasteiger partial charge in [-0.05, 0) is 37.6 Å². The van der Waals surface area contributed by atoms with Gasteiger partial charge in [-0.1, -0.05) is 13.0 Å². The Kier molecular flexibility index (Phi) is 6.05. The topological polar surface area (TPSA) is 60.9 Å². The van der Waals surface area contributed by atoms with Gasteiger partial charge < -0.3 is 10.0 Å². The summed E-state index contributed by atoms with van der Waals surface area (Å²) in [5, 5.41) is 8.93. The molecule has 0 bridgehead atoms. The number of hydrogen-bond acceptors (Lipinski definition) is 3. The third-order valence-electron chi connectivity index (χ3n) is 4.45. The van der Waals surface area contributed by atoms with E-state index < -0.39 is 23.6 Å². The molecule has 0 spiro atoms. The minimum atomic E-state index is -4.48. The van der Waals surface area contributed by atoms with Crippen LogP contribution in [0, 0.1) is 0 Å². The molecular formula is C17H21F3N2O3. The number of halogens is 3. The van der Waals surface area contributed by atoms with Crippen molar-refractivity contribution in [1.29, 1.82) is 0 Å². The van der Waals surface area contributed by atoms with Crippen LogP contribution in [-0.4, -0.2) is 59.0 Å². The molecule has 1 aromatic rings. The summed E-state index contributed by atoms with van der Waals surface area (Å²) in [5.74, 6) is -1.32. The van der Waals surface area contributed by atoms with E-state index in [1.807, 2.05) is 11.8 Å². The molecule has 1 aromatic carbocycles. The van der Waals surface area contributed by atoms with E-state index in [4.69, 9.17) is 5.11 Å². The fourth-order valence-corrected chi connectivity index (χ4v) is 3.12. The Bertz CT molecular complexity index is 626. The molecule has 1 N–H and O–H groups in total. The van der Waals surface area contributed by atoms with Crippen molar-refractivity contribution in [2.24, 2.45) is 0 Å². The monoisotopic (exact) mass is 358 g/mol. The predicted octanol–water partition coefficient (Wildman–Crippen LogP) is 2.72. The molecule has 1 saturated heterocycles.